The average molecular weight is 403 g/mol. The number of aliphatic hydroxyl groups excluding tert-OH is 3. The molecule has 28 heavy (non-hydrogen) atoms. The first kappa shape index (κ1) is 19.1. The van der Waals surface area contributed by atoms with E-state index in [1.54, 1.807) is 0 Å². The Labute approximate surface area is 165 Å². The molecule has 0 bridgehead atoms. The molecule has 2 aromatic heterocycles. The Morgan fingerprint density at radius 3 is 2.64 bits per heavy atom. The molecular weight excluding hydrogens is 382 g/mol. The van der Waals surface area contributed by atoms with Gasteiger partial charge in [0.25, 0.3) is 0 Å². The number of aliphatic hydroxyl groups is 3. The normalized spacial score (nSPS) is 24.8. The van der Waals surface area contributed by atoms with Crippen LogP contribution in [0.4, 0.5) is 5.95 Å². The van der Waals surface area contributed by atoms with E-state index >= 15 is 0 Å². The van der Waals surface area contributed by atoms with Crippen LogP contribution < -0.4 is 5.73 Å². The molecule has 1 fully saturated rings. The van der Waals surface area contributed by atoms with E-state index < -0.39 is 31.1 Å². The summed E-state index contributed by atoms with van der Waals surface area (Å²) < 4.78 is 7.08. The second-order valence-electron chi connectivity index (χ2n) is 6.52. The van der Waals surface area contributed by atoms with E-state index in [0.717, 1.165) is 12.2 Å². The number of nitrogens with two attached hydrogens (primary N) is 1. The lowest BCUT2D eigenvalue weighted by Crippen LogP contribution is -2.33. The third-order valence-corrected chi connectivity index (χ3v) is 5.64. The van der Waals surface area contributed by atoms with Gasteiger partial charge in [-0.1, -0.05) is 30.3 Å². The summed E-state index contributed by atoms with van der Waals surface area (Å²) in [5, 5.41) is 30.2. The van der Waals surface area contributed by atoms with Crippen LogP contribution in [0, 0.1) is 0 Å². The largest absolute Gasteiger partial charge is 0.394 e. The molecule has 0 aliphatic carbocycles. The van der Waals surface area contributed by atoms with Gasteiger partial charge in [-0.3, -0.25) is 4.57 Å². The van der Waals surface area contributed by atoms with Crippen LogP contribution in [0.3, 0.4) is 0 Å². The second-order valence-corrected chi connectivity index (χ2v) is 7.61. The Morgan fingerprint density at radius 1 is 1.14 bits per heavy atom. The molecular formula is C18H21N5O4S. The fourth-order valence-electron chi connectivity index (χ4n) is 3.21. The second kappa shape index (κ2) is 8.02. The van der Waals surface area contributed by atoms with E-state index in [1.807, 2.05) is 18.2 Å². The molecule has 1 saturated heterocycles. The minimum Gasteiger partial charge on any atom is -0.394 e. The van der Waals surface area contributed by atoms with Crippen LogP contribution >= 0.6 is 11.8 Å². The fourth-order valence-corrected chi connectivity index (χ4v) is 4.18. The zero-order valence-corrected chi connectivity index (χ0v) is 15.7. The van der Waals surface area contributed by atoms with Gasteiger partial charge < -0.3 is 25.8 Å². The van der Waals surface area contributed by atoms with Gasteiger partial charge in [0.1, 0.15) is 28.9 Å². The molecule has 0 saturated carbocycles. The number of hydrogen-bond donors (Lipinski definition) is 4. The van der Waals surface area contributed by atoms with E-state index in [2.05, 4.69) is 27.1 Å². The van der Waals surface area contributed by atoms with Crippen LogP contribution in [0.5, 0.6) is 0 Å². The van der Waals surface area contributed by atoms with E-state index in [0.29, 0.717) is 16.2 Å². The smallest absolute Gasteiger partial charge is 0.223 e. The molecule has 0 amide bonds. The highest BCUT2D eigenvalue weighted by molar-refractivity contribution is 7.99. The molecule has 1 aromatic carbocycles. The van der Waals surface area contributed by atoms with E-state index in [-0.39, 0.29) is 5.95 Å². The molecule has 9 nitrogen and oxygen atoms in total. The monoisotopic (exact) mass is 403 g/mol. The number of nitrogens with zero attached hydrogens (tertiary/aromatic N) is 4. The number of ether oxygens (including phenoxy) is 1. The Balaban J connectivity index is 1.58. The standard InChI is InChI=1S/C18H21N5O4S/c19-18-21-15-12(16(22-18)28-7-6-10-4-2-1-3-5-10)20-9-23(15)17-14(26)13(25)11(8-24)27-17/h1-5,9,11,13-14,17,24-26H,6-8H2,(H2,19,21,22)/t11-,13+,14-,17+/m0/s1. The first-order valence-corrected chi connectivity index (χ1v) is 9.86. The van der Waals surface area contributed by atoms with Gasteiger partial charge in [-0.2, -0.15) is 4.98 Å². The molecule has 5 N–H and O–H groups in total. The number of thioether (sulfide) groups is 1. The Morgan fingerprint density at radius 2 is 1.93 bits per heavy atom. The van der Waals surface area contributed by atoms with Crippen LogP contribution in [-0.2, 0) is 11.2 Å². The highest BCUT2D eigenvalue weighted by Crippen LogP contribution is 2.33. The molecule has 3 heterocycles. The molecule has 0 unspecified atom stereocenters. The summed E-state index contributed by atoms with van der Waals surface area (Å²) in [5.74, 6) is 0.874. The number of fused-ring (bicyclic) bond motifs is 1. The minimum atomic E-state index is -1.22. The van der Waals surface area contributed by atoms with Gasteiger partial charge in [0.2, 0.25) is 5.95 Å². The van der Waals surface area contributed by atoms with Gasteiger partial charge in [-0.05, 0) is 12.0 Å². The maximum absolute atomic E-state index is 10.3. The highest BCUT2D eigenvalue weighted by atomic mass is 32.2. The highest BCUT2D eigenvalue weighted by Gasteiger charge is 2.44. The molecule has 148 valence electrons. The van der Waals surface area contributed by atoms with E-state index in [9.17, 15) is 15.3 Å². The lowest BCUT2D eigenvalue weighted by molar-refractivity contribution is -0.0511. The van der Waals surface area contributed by atoms with Crippen LogP contribution in [0.15, 0.2) is 41.7 Å². The Kier molecular flexibility index (Phi) is 5.47. The Hall–Kier alpha value is -2.24. The lowest BCUT2D eigenvalue weighted by atomic mass is 10.1. The van der Waals surface area contributed by atoms with E-state index in [1.165, 1.54) is 28.2 Å². The number of nitrogen functional groups attached to an aromatic ring is 1. The zero-order valence-electron chi connectivity index (χ0n) is 14.9. The van der Waals surface area contributed by atoms with Crippen molar-refractivity contribution < 1.29 is 20.1 Å². The topological polar surface area (TPSA) is 140 Å². The summed E-state index contributed by atoms with van der Waals surface area (Å²) in [4.78, 5) is 12.9. The van der Waals surface area contributed by atoms with Crippen molar-refractivity contribution in [1.29, 1.82) is 0 Å². The van der Waals surface area contributed by atoms with Crippen molar-refractivity contribution >= 4 is 28.9 Å². The number of anilines is 1. The minimum absolute atomic E-state index is 0.0863. The molecule has 10 heteroatoms. The number of aromatic nitrogens is 4. The van der Waals surface area contributed by atoms with Crippen molar-refractivity contribution in [2.75, 3.05) is 18.1 Å². The quantitative estimate of drug-likeness (QED) is 0.339. The SMILES string of the molecule is Nc1nc(SCCc2ccccc2)c2ncn([C@@H]3O[C@@H](CO)[C@@H](O)[C@@H]3O)c2n1. The number of hydrogen-bond acceptors (Lipinski definition) is 9. The molecule has 4 rings (SSSR count). The number of aryl methyl sites for hydroxylation is 1. The number of rotatable bonds is 6. The Bertz CT molecular complexity index is 954. The molecule has 1 aliphatic rings. The molecule has 0 spiro atoms. The molecule has 0 radical (unpaired) electrons. The fraction of sp³-hybridized carbons (Fsp3) is 0.389. The van der Waals surface area contributed by atoms with Crippen molar-refractivity contribution in [3.63, 3.8) is 0 Å². The predicted octanol–water partition coefficient (Wildman–Crippen LogP) is 0.355. The third kappa shape index (κ3) is 3.56. The van der Waals surface area contributed by atoms with Crippen molar-refractivity contribution in [3.8, 4) is 0 Å². The summed E-state index contributed by atoms with van der Waals surface area (Å²) in [6.07, 6.45) is -1.89. The van der Waals surface area contributed by atoms with Crippen LogP contribution in [-0.4, -0.2) is 65.5 Å². The summed E-state index contributed by atoms with van der Waals surface area (Å²) in [6.45, 7) is -0.404. The number of benzene rings is 1. The van der Waals surface area contributed by atoms with Crippen LogP contribution in [0.25, 0.3) is 11.2 Å². The van der Waals surface area contributed by atoms with Gasteiger partial charge >= 0.3 is 0 Å². The van der Waals surface area contributed by atoms with Crippen molar-refractivity contribution in [2.45, 2.75) is 36.0 Å². The molecule has 4 atom stereocenters. The maximum atomic E-state index is 10.3. The van der Waals surface area contributed by atoms with Gasteiger partial charge in [0, 0.05) is 5.75 Å². The van der Waals surface area contributed by atoms with Gasteiger partial charge in [0.15, 0.2) is 11.9 Å². The van der Waals surface area contributed by atoms with Gasteiger partial charge in [0.05, 0.1) is 12.9 Å². The summed E-state index contributed by atoms with van der Waals surface area (Å²) in [5.41, 5.74) is 8.06. The first-order chi connectivity index (χ1) is 13.6. The first-order valence-electron chi connectivity index (χ1n) is 8.87. The summed E-state index contributed by atoms with van der Waals surface area (Å²) in [7, 11) is 0. The molecule has 3 aromatic rings. The third-order valence-electron chi connectivity index (χ3n) is 4.67. The average Bonchev–Trinajstić information content (AvgIpc) is 3.24. The van der Waals surface area contributed by atoms with Gasteiger partial charge in [-0.25, -0.2) is 9.97 Å². The van der Waals surface area contributed by atoms with Gasteiger partial charge in [-0.15, -0.1) is 11.8 Å². The zero-order chi connectivity index (χ0) is 19.7. The summed E-state index contributed by atoms with van der Waals surface area (Å²) >= 11 is 1.52. The summed E-state index contributed by atoms with van der Waals surface area (Å²) in [6, 6.07) is 10.1. The lowest BCUT2D eigenvalue weighted by Gasteiger charge is -2.16. The van der Waals surface area contributed by atoms with Crippen LogP contribution in [0.2, 0.25) is 0 Å². The van der Waals surface area contributed by atoms with Crippen molar-refractivity contribution in [1.82, 2.24) is 19.5 Å². The van der Waals surface area contributed by atoms with Crippen molar-refractivity contribution in [2.24, 2.45) is 0 Å². The number of imidazole rings is 1. The van der Waals surface area contributed by atoms with Crippen LogP contribution in [0.1, 0.15) is 11.8 Å². The van der Waals surface area contributed by atoms with Crippen molar-refractivity contribution in [3.05, 3.63) is 42.2 Å². The van der Waals surface area contributed by atoms with E-state index in [4.69, 9.17) is 10.5 Å². The molecule has 1 aliphatic heterocycles. The maximum Gasteiger partial charge on any atom is 0.223 e. The predicted molar refractivity (Wildman–Crippen MR) is 104 cm³/mol.